The molecule has 0 aromatic carbocycles. The summed E-state index contributed by atoms with van der Waals surface area (Å²) in [6, 6.07) is 1.58. The highest BCUT2D eigenvalue weighted by Gasteiger charge is 2.36. The van der Waals surface area contributed by atoms with Crippen molar-refractivity contribution in [3.63, 3.8) is 0 Å². The van der Waals surface area contributed by atoms with Gasteiger partial charge < -0.3 is 14.8 Å². The highest BCUT2D eigenvalue weighted by atomic mass is 16.4. The summed E-state index contributed by atoms with van der Waals surface area (Å²) in [5, 5.41) is 11.9. The van der Waals surface area contributed by atoms with Gasteiger partial charge in [0.25, 0.3) is 5.91 Å². The molecule has 1 fully saturated rings. The van der Waals surface area contributed by atoms with Crippen molar-refractivity contribution >= 4 is 11.9 Å². The summed E-state index contributed by atoms with van der Waals surface area (Å²) < 4.78 is 4.86. The quantitative estimate of drug-likeness (QED) is 0.859. The average molecular weight is 251 g/mol. The molecular weight excluding hydrogens is 234 g/mol. The van der Waals surface area contributed by atoms with E-state index in [1.807, 2.05) is 0 Å². The van der Waals surface area contributed by atoms with Gasteiger partial charge >= 0.3 is 5.97 Å². The van der Waals surface area contributed by atoms with Gasteiger partial charge in [-0.3, -0.25) is 9.59 Å². The standard InChI is InChI=1S/C13H17NO4/c15-11(16)8-13(5-2-1-3-6-13)14-12(17)10-4-7-18-9-10/h4,7,9H,1-3,5-6,8H2,(H,14,17)(H,15,16). The van der Waals surface area contributed by atoms with E-state index in [1.54, 1.807) is 6.07 Å². The van der Waals surface area contributed by atoms with E-state index >= 15 is 0 Å². The van der Waals surface area contributed by atoms with E-state index in [2.05, 4.69) is 5.32 Å². The Balaban J connectivity index is 2.09. The molecule has 0 saturated heterocycles. The Morgan fingerprint density at radius 2 is 2.06 bits per heavy atom. The first kappa shape index (κ1) is 12.7. The van der Waals surface area contributed by atoms with E-state index in [-0.39, 0.29) is 12.3 Å². The van der Waals surface area contributed by atoms with Crippen molar-refractivity contribution in [2.24, 2.45) is 0 Å². The lowest BCUT2D eigenvalue weighted by molar-refractivity contribution is -0.139. The van der Waals surface area contributed by atoms with Crippen LogP contribution in [-0.2, 0) is 4.79 Å². The van der Waals surface area contributed by atoms with Gasteiger partial charge in [-0.1, -0.05) is 19.3 Å². The normalized spacial score (nSPS) is 18.2. The third-order valence-corrected chi connectivity index (χ3v) is 3.46. The van der Waals surface area contributed by atoms with Crippen LogP contribution in [0.4, 0.5) is 0 Å². The fourth-order valence-corrected chi connectivity index (χ4v) is 2.57. The number of carbonyl (C=O) groups excluding carboxylic acids is 1. The zero-order valence-electron chi connectivity index (χ0n) is 10.1. The van der Waals surface area contributed by atoms with Gasteiger partial charge in [0.1, 0.15) is 6.26 Å². The van der Waals surface area contributed by atoms with Crippen LogP contribution in [0.1, 0.15) is 48.9 Å². The molecular formula is C13H17NO4. The van der Waals surface area contributed by atoms with Crippen molar-refractivity contribution in [3.8, 4) is 0 Å². The monoisotopic (exact) mass is 251 g/mol. The molecule has 2 N–H and O–H groups in total. The van der Waals surface area contributed by atoms with Crippen molar-refractivity contribution in [2.75, 3.05) is 0 Å². The number of nitrogens with one attached hydrogen (secondary N) is 1. The summed E-state index contributed by atoms with van der Waals surface area (Å²) in [4.78, 5) is 23.0. The first-order chi connectivity index (χ1) is 8.61. The molecule has 1 saturated carbocycles. The third-order valence-electron chi connectivity index (χ3n) is 3.46. The summed E-state index contributed by atoms with van der Waals surface area (Å²) >= 11 is 0. The Morgan fingerprint density at radius 1 is 1.33 bits per heavy atom. The van der Waals surface area contributed by atoms with Crippen molar-refractivity contribution in [1.29, 1.82) is 0 Å². The predicted octanol–water partition coefficient (Wildman–Crippen LogP) is 2.19. The SMILES string of the molecule is O=C(O)CC1(NC(=O)c2ccoc2)CCCCC1. The van der Waals surface area contributed by atoms with E-state index in [9.17, 15) is 9.59 Å². The van der Waals surface area contributed by atoms with Crippen LogP contribution in [0, 0.1) is 0 Å². The van der Waals surface area contributed by atoms with Gasteiger partial charge in [-0.05, 0) is 18.9 Å². The zero-order valence-corrected chi connectivity index (χ0v) is 10.1. The molecule has 1 aromatic heterocycles. The molecule has 5 heteroatoms. The molecule has 98 valence electrons. The van der Waals surface area contributed by atoms with Crippen LogP contribution in [0.25, 0.3) is 0 Å². The van der Waals surface area contributed by atoms with Gasteiger partial charge in [-0.25, -0.2) is 0 Å². The number of furan rings is 1. The largest absolute Gasteiger partial charge is 0.481 e. The molecule has 1 amide bonds. The molecule has 0 atom stereocenters. The Labute approximate surface area is 105 Å². The summed E-state index contributed by atoms with van der Waals surface area (Å²) in [6.07, 6.45) is 7.25. The Hall–Kier alpha value is -1.78. The number of aliphatic carboxylic acids is 1. The molecule has 1 aliphatic carbocycles. The smallest absolute Gasteiger partial charge is 0.305 e. The lowest BCUT2D eigenvalue weighted by Gasteiger charge is -2.36. The second kappa shape index (κ2) is 5.25. The number of hydrogen-bond acceptors (Lipinski definition) is 3. The minimum Gasteiger partial charge on any atom is -0.481 e. The molecule has 0 bridgehead atoms. The highest BCUT2D eigenvalue weighted by Crippen LogP contribution is 2.31. The van der Waals surface area contributed by atoms with Crippen LogP contribution in [0.15, 0.2) is 23.0 Å². The minimum atomic E-state index is -0.871. The number of amides is 1. The maximum absolute atomic E-state index is 12.0. The topological polar surface area (TPSA) is 79.5 Å². The second-order valence-electron chi connectivity index (χ2n) is 4.88. The summed E-state index contributed by atoms with van der Waals surface area (Å²) in [5.74, 6) is -1.13. The van der Waals surface area contributed by atoms with Crippen molar-refractivity contribution in [1.82, 2.24) is 5.32 Å². The van der Waals surface area contributed by atoms with Crippen LogP contribution in [0.5, 0.6) is 0 Å². The van der Waals surface area contributed by atoms with E-state index in [0.717, 1.165) is 32.1 Å². The van der Waals surface area contributed by atoms with Crippen LogP contribution in [0.2, 0.25) is 0 Å². The fourth-order valence-electron chi connectivity index (χ4n) is 2.57. The lowest BCUT2D eigenvalue weighted by atomic mass is 9.79. The highest BCUT2D eigenvalue weighted by molar-refractivity contribution is 5.94. The number of carboxylic acids is 1. The summed E-state index contributed by atoms with van der Waals surface area (Å²) in [6.45, 7) is 0. The Bertz CT molecular complexity index is 418. The van der Waals surface area contributed by atoms with Gasteiger partial charge in [0.2, 0.25) is 0 Å². The number of carboxylic acid groups (broad SMARTS) is 1. The molecule has 2 rings (SSSR count). The molecule has 0 spiro atoms. The van der Waals surface area contributed by atoms with Crippen molar-refractivity contribution in [2.45, 2.75) is 44.1 Å². The van der Waals surface area contributed by atoms with Crippen molar-refractivity contribution in [3.05, 3.63) is 24.2 Å². The van der Waals surface area contributed by atoms with Gasteiger partial charge in [0.15, 0.2) is 0 Å². The van der Waals surface area contributed by atoms with E-state index < -0.39 is 11.5 Å². The molecule has 18 heavy (non-hydrogen) atoms. The van der Waals surface area contributed by atoms with E-state index in [1.165, 1.54) is 12.5 Å². The van der Waals surface area contributed by atoms with E-state index in [0.29, 0.717) is 5.56 Å². The molecule has 0 aliphatic heterocycles. The van der Waals surface area contributed by atoms with E-state index in [4.69, 9.17) is 9.52 Å². The first-order valence-electron chi connectivity index (χ1n) is 6.18. The van der Waals surface area contributed by atoms with Crippen molar-refractivity contribution < 1.29 is 19.1 Å². The maximum Gasteiger partial charge on any atom is 0.305 e. The molecule has 1 heterocycles. The third kappa shape index (κ3) is 2.91. The lowest BCUT2D eigenvalue weighted by Crippen LogP contribution is -2.51. The predicted molar refractivity (Wildman–Crippen MR) is 64.2 cm³/mol. The number of hydrogen-bond donors (Lipinski definition) is 2. The fraction of sp³-hybridized carbons (Fsp3) is 0.538. The van der Waals surface area contributed by atoms with Gasteiger partial charge in [0, 0.05) is 0 Å². The van der Waals surface area contributed by atoms with Crippen LogP contribution in [0.3, 0.4) is 0 Å². The number of carbonyl (C=O) groups is 2. The van der Waals surface area contributed by atoms with Gasteiger partial charge in [-0.2, -0.15) is 0 Å². The number of rotatable bonds is 4. The minimum absolute atomic E-state index is 0.0173. The molecule has 5 nitrogen and oxygen atoms in total. The molecule has 1 aliphatic rings. The summed E-state index contributed by atoms with van der Waals surface area (Å²) in [7, 11) is 0. The van der Waals surface area contributed by atoms with Crippen LogP contribution in [-0.4, -0.2) is 22.5 Å². The van der Waals surface area contributed by atoms with Crippen LogP contribution < -0.4 is 5.32 Å². The second-order valence-corrected chi connectivity index (χ2v) is 4.88. The molecule has 0 radical (unpaired) electrons. The van der Waals surface area contributed by atoms with Crippen LogP contribution >= 0.6 is 0 Å². The maximum atomic E-state index is 12.0. The molecule has 0 unspecified atom stereocenters. The van der Waals surface area contributed by atoms with Gasteiger partial charge in [-0.15, -0.1) is 0 Å². The Morgan fingerprint density at radius 3 is 2.61 bits per heavy atom. The van der Waals surface area contributed by atoms with Gasteiger partial charge in [0.05, 0.1) is 23.8 Å². The molecule has 1 aromatic rings. The first-order valence-corrected chi connectivity index (χ1v) is 6.18. The summed E-state index contributed by atoms with van der Waals surface area (Å²) in [5.41, 5.74) is -0.163. The average Bonchev–Trinajstić information content (AvgIpc) is 2.82. The Kier molecular flexibility index (Phi) is 3.69. The zero-order chi connectivity index (χ0) is 13.0.